The molecule has 2 heteroatoms. The molecule has 2 rings (SSSR count). The van der Waals surface area contributed by atoms with Crippen molar-refractivity contribution < 1.29 is 4.74 Å². The van der Waals surface area contributed by atoms with Gasteiger partial charge in [0.2, 0.25) is 0 Å². The van der Waals surface area contributed by atoms with Crippen LogP contribution in [0.5, 0.6) is 5.75 Å². The highest BCUT2D eigenvalue weighted by Crippen LogP contribution is 2.41. The lowest BCUT2D eigenvalue weighted by Gasteiger charge is -2.27. The smallest absolute Gasteiger partial charge is 0.124 e. The van der Waals surface area contributed by atoms with Crippen LogP contribution in [0.1, 0.15) is 42.4 Å². The summed E-state index contributed by atoms with van der Waals surface area (Å²) in [6.07, 6.45) is 4.61. The standard InChI is InChI=1S/C14H21NO/c1-10-8-12(13(16-3)9-11(10)2)14(15)6-4-5-7-14/h8-9H,4-7,15H2,1-3H3. The van der Waals surface area contributed by atoms with Crippen molar-refractivity contribution in [2.24, 2.45) is 5.73 Å². The van der Waals surface area contributed by atoms with Gasteiger partial charge in [0, 0.05) is 11.1 Å². The van der Waals surface area contributed by atoms with Crippen molar-refractivity contribution in [1.82, 2.24) is 0 Å². The van der Waals surface area contributed by atoms with Crippen molar-refractivity contribution in [2.45, 2.75) is 45.1 Å². The number of benzene rings is 1. The van der Waals surface area contributed by atoms with E-state index in [-0.39, 0.29) is 5.54 Å². The Kier molecular flexibility index (Phi) is 2.94. The van der Waals surface area contributed by atoms with Gasteiger partial charge in [-0.15, -0.1) is 0 Å². The van der Waals surface area contributed by atoms with Crippen LogP contribution in [0.3, 0.4) is 0 Å². The second-order valence-electron chi connectivity index (χ2n) is 5.00. The van der Waals surface area contributed by atoms with Crippen LogP contribution in [0, 0.1) is 13.8 Å². The minimum atomic E-state index is -0.163. The van der Waals surface area contributed by atoms with E-state index in [0.717, 1.165) is 18.6 Å². The molecule has 1 saturated carbocycles. The van der Waals surface area contributed by atoms with Gasteiger partial charge in [0.05, 0.1) is 7.11 Å². The molecule has 0 heterocycles. The fraction of sp³-hybridized carbons (Fsp3) is 0.571. The minimum absolute atomic E-state index is 0.163. The van der Waals surface area contributed by atoms with E-state index in [1.54, 1.807) is 7.11 Å². The lowest BCUT2D eigenvalue weighted by atomic mass is 9.86. The van der Waals surface area contributed by atoms with Crippen LogP contribution in [0.2, 0.25) is 0 Å². The van der Waals surface area contributed by atoms with E-state index in [2.05, 4.69) is 26.0 Å². The maximum Gasteiger partial charge on any atom is 0.124 e. The van der Waals surface area contributed by atoms with E-state index in [1.807, 2.05) is 0 Å². The first-order valence-electron chi connectivity index (χ1n) is 6.01. The number of rotatable bonds is 2. The highest BCUT2D eigenvalue weighted by atomic mass is 16.5. The van der Waals surface area contributed by atoms with Gasteiger partial charge < -0.3 is 10.5 Å². The first kappa shape index (κ1) is 11.5. The molecule has 0 radical (unpaired) electrons. The van der Waals surface area contributed by atoms with Crippen LogP contribution in [0.4, 0.5) is 0 Å². The van der Waals surface area contributed by atoms with Gasteiger partial charge in [0.25, 0.3) is 0 Å². The minimum Gasteiger partial charge on any atom is -0.496 e. The first-order valence-corrected chi connectivity index (χ1v) is 6.01. The Bertz CT molecular complexity index is 392. The maximum atomic E-state index is 6.50. The summed E-state index contributed by atoms with van der Waals surface area (Å²) < 4.78 is 5.48. The number of ether oxygens (including phenoxy) is 1. The van der Waals surface area contributed by atoms with Crippen molar-refractivity contribution >= 4 is 0 Å². The zero-order valence-corrected chi connectivity index (χ0v) is 10.5. The number of hydrogen-bond donors (Lipinski definition) is 1. The Hall–Kier alpha value is -1.02. The molecule has 1 fully saturated rings. The zero-order valence-electron chi connectivity index (χ0n) is 10.5. The Balaban J connectivity index is 2.50. The largest absolute Gasteiger partial charge is 0.496 e. The van der Waals surface area contributed by atoms with Gasteiger partial charge in [-0.2, -0.15) is 0 Å². The molecule has 0 spiro atoms. The SMILES string of the molecule is COc1cc(C)c(C)cc1C1(N)CCCC1. The molecule has 2 nitrogen and oxygen atoms in total. The van der Waals surface area contributed by atoms with E-state index in [0.29, 0.717) is 0 Å². The number of nitrogens with two attached hydrogens (primary N) is 1. The molecule has 0 amide bonds. The lowest BCUT2D eigenvalue weighted by Crippen LogP contribution is -2.33. The monoisotopic (exact) mass is 219 g/mol. The summed E-state index contributed by atoms with van der Waals surface area (Å²) in [6, 6.07) is 4.32. The average molecular weight is 219 g/mol. The van der Waals surface area contributed by atoms with Crippen molar-refractivity contribution in [3.8, 4) is 5.75 Å². The second kappa shape index (κ2) is 4.10. The third-order valence-electron chi connectivity index (χ3n) is 3.85. The van der Waals surface area contributed by atoms with E-state index in [9.17, 15) is 0 Å². The quantitative estimate of drug-likeness (QED) is 0.829. The zero-order chi connectivity index (χ0) is 11.8. The Labute approximate surface area is 97.8 Å². The fourth-order valence-electron chi connectivity index (χ4n) is 2.62. The van der Waals surface area contributed by atoms with E-state index in [4.69, 9.17) is 10.5 Å². The summed E-state index contributed by atoms with van der Waals surface area (Å²) in [4.78, 5) is 0. The normalized spacial score (nSPS) is 18.8. The van der Waals surface area contributed by atoms with E-state index < -0.39 is 0 Å². The van der Waals surface area contributed by atoms with Gasteiger partial charge in [-0.3, -0.25) is 0 Å². The maximum absolute atomic E-state index is 6.50. The van der Waals surface area contributed by atoms with Gasteiger partial charge in [-0.25, -0.2) is 0 Å². The van der Waals surface area contributed by atoms with Crippen LogP contribution in [-0.2, 0) is 5.54 Å². The second-order valence-corrected chi connectivity index (χ2v) is 5.00. The fourth-order valence-corrected chi connectivity index (χ4v) is 2.62. The van der Waals surface area contributed by atoms with Crippen LogP contribution >= 0.6 is 0 Å². The van der Waals surface area contributed by atoms with Gasteiger partial charge in [-0.05, 0) is 43.9 Å². The van der Waals surface area contributed by atoms with E-state index >= 15 is 0 Å². The summed E-state index contributed by atoms with van der Waals surface area (Å²) in [6.45, 7) is 4.25. The third-order valence-corrected chi connectivity index (χ3v) is 3.85. The molecule has 1 aromatic rings. The van der Waals surface area contributed by atoms with Gasteiger partial charge in [0.15, 0.2) is 0 Å². The predicted octanol–water partition coefficient (Wildman–Crippen LogP) is 3.04. The van der Waals surface area contributed by atoms with Gasteiger partial charge in [-0.1, -0.05) is 18.9 Å². The number of methoxy groups -OCH3 is 1. The molecule has 16 heavy (non-hydrogen) atoms. The van der Waals surface area contributed by atoms with Crippen LogP contribution < -0.4 is 10.5 Å². The van der Waals surface area contributed by atoms with Gasteiger partial charge in [0.1, 0.15) is 5.75 Å². The highest BCUT2D eigenvalue weighted by molar-refractivity contribution is 5.45. The molecule has 88 valence electrons. The van der Waals surface area contributed by atoms with Crippen LogP contribution in [-0.4, -0.2) is 7.11 Å². The molecule has 2 N–H and O–H groups in total. The van der Waals surface area contributed by atoms with Crippen LogP contribution in [0.25, 0.3) is 0 Å². The molecule has 1 aliphatic rings. The first-order chi connectivity index (χ1) is 7.57. The van der Waals surface area contributed by atoms with Crippen molar-refractivity contribution in [3.05, 3.63) is 28.8 Å². The molecule has 1 aliphatic carbocycles. The van der Waals surface area contributed by atoms with Crippen LogP contribution in [0.15, 0.2) is 12.1 Å². The summed E-state index contributed by atoms with van der Waals surface area (Å²) in [5, 5.41) is 0. The number of hydrogen-bond acceptors (Lipinski definition) is 2. The molecule has 0 unspecified atom stereocenters. The highest BCUT2D eigenvalue weighted by Gasteiger charge is 2.33. The predicted molar refractivity (Wildman–Crippen MR) is 66.8 cm³/mol. The summed E-state index contributed by atoms with van der Waals surface area (Å²) in [5.41, 5.74) is 10.1. The third kappa shape index (κ3) is 1.82. The topological polar surface area (TPSA) is 35.2 Å². The molecular formula is C14H21NO. The number of aryl methyl sites for hydroxylation is 2. The Morgan fingerprint density at radius 2 is 1.69 bits per heavy atom. The molecular weight excluding hydrogens is 198 g/mol. The molecule has 0 aromatic heterocycles. The molecule has 0 bridgehead atoms. The summed E-state index contributed by atoms with van der Waals surface area (Å²) in [5.74, 6) is 0.951. The Morgan fingerprint density at radius 3 is 2.25 bits per heavy atom. The van der Waals surface area contributed by atoms with Crippen molar-refractivity contribution in [3.63, 3.8) is 0 Å². The summed E-state index contributed by atoms with van der Waals surface area (Å²) in [7, 11) is 1.73. The molecule has 0 atom stereocenters. The van der Waals surface area contributed by atoms with Gasteiger partial charge >= 0.3 is 0 Å². The lowest BCUT2D eigenvalue weighted by molar-refractivity contribution is 0.379. The van der Waals surface area contributed by atoms with E-state index in [1.165, 1.54) is 29.5 Å². The molecule has 1 aromatic carbocycles. The molecule has 0 saturated heterocycles. The van der Waals surface area contributed by atoms with Crippen molar-refractivity contribution in [1.29, 1.82) is 0 Å². The molecule has 0 aliphatic heterocycles. The Morgan fingerprint density at radius 1 is 1.12 bits per heavy atom. The average Bonchev–Trinajstić information content (AvgIpc) is 2.69. The summed E-state index contributed by atoms with van der Waals surface area (Å²) >= 11 is 0. The van der Waals surface area contributed by atoms with Crippen molar-refractivity contribution in [2.75, 3.05) is 7.11 Å².